The van der Waals surface area contributed by atoms with E-state index in [1.54, 1.807) is 18.2 Å². The number of hydrogen-bond donors (Lipinski definition) is 2. The van der Waals surface area contributed by atoms with E-state index in [1.165, 1.54) is 23.1 Å². The lowest BCUT2D eigenvalue weighted by Gasteiger charge is -2.05. The van der Waals surface area contributed by atoms with Crippen LogP contribution in [0.5, 0.6) is 0 Å². The quantitative estimate of drug-likeness (QED) is 0.589. The Morgan fingerprint density at radius 1 is 1.19 bits per heavy atom. The number of thioether (sulfide) groups is 1. The minimum absolute atomic E-state index is 0.191. The summed E-state index contributed by atoms with van der Waals surface area (Å²) in [5.74, 6) is 0.000890. The van der Waals surface area contributed by atoms with Gasteiger partial charge in [-0.1, -0.05) is 52.9 Å². The molecular formula is C17H12ClN5OS2. The number of amides is 1. The number of nitrogens with one attached hydrogen (secondary N) is 2. The largest absolute Gasteiger partial charge is 0.330 e. The summed E-state index contributed by atoms with van der Waals surface area (Å²) in [4.78, 5) is 12.1. The summed E-state index contributed by atoms with van der Waals surface area (Å²) in [5.41, 5.74) is 1.84. The van der Waals surface area contributed by atoms with Crippen molar-refractivity contribution in [2.24, 2.45) is 0 Å². The van der Waals surface area contributed by atoms with Gasteiger partial charge in [0.25, 0.3) is 0 Å². The van der Waals surface area contributed by atoms with E-state index >= 15 is 0 Å². The van der Waals surface area contributed by atoms with Crippen LogP contribution in [0.25, 0.3) is 0 Å². The summed E-state index contributed by atoms with van der Waals surface area (Å²) in [6.45, 7) is 0. The number of nitrogens with zero attached hydrogens (tertiary/aromatic N) is 3. The Kier molecular flexibility index (Phi) is 6.07. The molecule has 0 aliphatic rings. The molecule has 6 nitrogen and oxygen atoms in total. The molecule has 0 spiro atoms. The highest BCUT2D eigenvalue weighted by atomic mass is 35.5. The van der Waals surface area contributed by atoms with Crippen LogP contribution >= 0.6 is 34.7 Å². The molecule has 130 valence electrons. The van der Waals surface area contributed by atoms with Gasteiger partial charge >= 0.3 is 0 Å². The van der Waals surface area contributed by atoms with Crippen molar-refractivity contribution in [3.63, 3.8) is 0 Å². The predicted octanol–water partition coefficient (Wildman–Crippen LogP) is 4.54. The highest BCUT2D eigenvalue weighted by Gasteiger charge is 2.10. The maximum atomic E-state index is 12.1. The molecule has 1 heterocycles. The van der Waals surface area contributed by atoms with Crippen molar-refractivity contribution in [3.05, 3.63) is 59.1 Å². The van der Waals surface area contributed by atoms with Gasteiger partial charge in [-0.2, -0.15) is 5.26 Å². The Bertz CT molecular complexity index is 955. The zero-order valence-electron chi connectivity index (χ0n) is 13.3. The normalized spacial score (nSPS) is 10.2. The van der Waals surface area contributed by atoms with Crippen molar-refractivity contribution in [2.75, 3.05) is 16.4 Å². The molecule has 0 saturated heterocycles. The average Bonchev–Trinajstić information content (AvgIpc) is 3.08. The molecule has 0 aliphatic carbocycles. The van der Waals surface area contributed by atoms with E-state index in [4.69, 9.17) is 16.9 Å². The number of carbonyl (C=O) groups is 1. The third-order valence-electron chi connectivity index (χ3n) is 3.13. The number of anilines is 3. The van der Waals surface area contributed by atoms with Crippen LogP contribution in [0.1, 0.15) is 5.56 Å². The topological polar surface area (TPSA) is 90.7 Å². The summed E-state index contributed by atoms with van der Waals surface area (Å²) in [6, 6.07) is 16.4. The fourth-order valence-electron chi connectivity index (χ4n) is 1.97. The second kappa shape index (κ2) is 8.67. The molecule has 1 amide bonds. The van der Waals surface area contributed by atoms with Crippen molar-refractivity contribution in [1.82, 2.24) is 10.2 Å². The van der Waals surface area contributed by atoms with Crippen LogP contribution in [0.15, 0.2) is 52.9 Å². The molecular weight excluding hydrogens is 390 g/mol. The fourth-order valence-corrected chi connectivity index (χ4v) is 3.77. The highest BCUT2D eigenvalue weighted by molar-refractivity contribution is 8.01. The average molecular weight is 402 g/mol. The minimum atomic E-state index is -0.191. The number of halogens is 1. The molecule has 1 aromatic heterocycles. The van der Waals surface area contributed by atoms with E-state index in [1.807, 2.05) is 36.4 Å². The number of carbonyl (C=O) groups excluding carboxylic acids is 1. The van der Waals surface area contributed by atoms with Crippen LogP contribution in [0, 0.1) is 11.3 Å². The second-order valence-electron chi connectivity index (χ2n) is 5.01. The Morgan fingerprint density at radius 3 is 2.73 bits per heavy atom. The van der Waals surface area contributed by atoms with Gasteiger partial charge in [0.1, 0.15) is 6.07 Å². The monoisotopic (exact) mass is 401 g/mol. The van der Waals surface area contributed by atoms with E-state index in [0.717, 1.165) is 5.69 Å². The maximum Gasteiger partial charge on any atom is 0.234 e. The van der Waals surface area contributed by atoms with Gasteiger partial charge in [-0.25, -0.2) is 0 Å². The number of rotatable bonds is 6. The first kappa shape index (κ1) is 18.2. The van der Waals surface area contributed by atoms with Crippen molar-refractivity contribution in [2.45, 2.75) is 4.34 Å². The fraction of sp³-hybridized carbons (Fsp3) is 0.0588. The van der Waals surface area contributed by atoms with Gasteiger partial charge in [-0.05, 0) is 30.3 Å². The molecule has 3 rings (SSSR count). The maximum absolute atomic E-state index is 12.1. The number of nitriles is 1. The SMILES string of the molecule is N#Cc1ccc(NC(=O)CSc2nnc(Nc3ccccc3)s2)cc1Cl. The molecule has 0 saturated carbocycles. The van der Waals surface area contributed by atoms with E-state index in [2.05, 4.69) is 20.8 Å². The molecule has 2 aromatic carbocycles. The summed E-state index contributed by atoms with van der Waals surface area (Å²) in [5, 5.41) is 23.8. The lowest BCUT2D eigenvalue weighted by molar-refractivity contribution is -0.113. The van der Waals surface area contributed by atoms with E-state index in [-0.39, 0.29) is 11.7 Å². The van der Waals surface area contributed by atoms with E-state index < -0.39 is 0 Å². The Balaban J connectivity index is 1.52. The molecule has 0 aliphatic heterocycles. The third-order valence-corrected chi connectivity index (χ3v) is 5.42. The Morgan fingerprint density at radius 2 is 2.00 bits per heavy atom. The molecule has 3 aromatic rings. The number of para-hydroxylation sites is 1. The molecule has 26 heavy (non-hydrogen) atoms. The molecule has 9 heteroatoms. The Hall–Kier alpha value is -2.60. The van der Waals surface area contributed by atoms with Gasteiger partial charge in [0.05, 0.1) is 16.3 Å². The summed E-state index contributed by atoms with van der Waals surface area (Å²) in [6.07, 6.45) is 0. The molecule has 0 bridgehead atoms. The standard InChI is InChI=1S/C17H12ClN5OS2/c18-14-8-13(7-6-11(14)9-19)20-15(24)10-25-17-23-22-16(26-17)21-12-4-2-1-3-5-12/h1-8H,10H2,(H,20,24)(H,21,22). The smallest absolute Gasteiger partial charge is 0.234 e. The second-order valence-corrected chi connectivity index (χ2v) is 7.61. The van der Waals surface area contributed by atoms with Gasteiger partial charge in [0.15, 0.2) is 4.34 Å². The van der Waals surface area contributed by atoms with Crippen molar-refractivity contribution in [3.8, 4) is 6.07 Å². The van der Waals surface area contributed by atoms with Crippen LogP contribution in [-0.2, 0) is 4.79 Å². The van der Waals surface area contributed by atoms with Crippen molar-refractivity contribution >= 4 is 57.1 Å². The third kappa shape index (κ3) is 4.95. The highest BCUT2D eigenvalue weighted by Crippen LogP contribution is 2.28. The van der Waals surface area contributed by atoms with Crippen LogP contribution in [0.3, 0.4) is 0 Å². The van der Waals surface area contributed by atoms with Crippen LogP contribution in [0.2, 0.25) is 5.02 Å². The molecule has 0 atom stereocenters. The lowest BCUT2D eigenvalue weighted by Crippen LogP contribution is -2.13. The first-order valence-corrected chi connectivity index (χ1v) is 9.60. The lowest BCUT2D eigenvalue weighted by atomic mass is 10.2. The number of hydrogen-bond acceptors (Lipinski definition) is 7. The first-order valence-electron chi connectivity index (χ1n) is 7.42. The van der Waals surface area contributed by atoms with Gasteiger partial charge in [-0.3, -0.25) is 4.79 Å². The summed E-state index contributed by atoms with van der Waals surface area (Å²) < 4.78 is 0.691. The zero-order chi connectivity index (χ0) is 18.4. The van der Waals surface area contributed by atoms with Crippen LogP contribution < -0.4 is 10.6 Å². The molecule has 2 N–H and O–H groups in total. The molecule has 0 fully saturated rings. The van der Waals surface area contributed by atoms with E-state index in [0.29, 0.717) is 25.7 Å². The first-order chi connectivity index (χ1) is 12.6. The zero-order valence-corrected chi connectivity index (χ0v) is 15.7. The minimum Gasteiger partial charge on any atom is -0.330 e. The van der Waals surface area contributed by atoms with Crippen LogP contribution in [-0.4, -0.2) is 21.9 Å². The summed E-state index contributed by atoms with van der Waals surface area (Å²) >= 11 is 8.63. The number of benzene rings is 2. The van der Waals surface area contributed by atoms with Crippen molar-refractivity contribution in [1.29, 1.82) is 5.26 Å². The van der Waals surface area contributed by atoms with Gasteiger partial charge < -0.3 is 10.6 Å². The summed E-state index contributed by atoms with van der Waals surface area (Å²) in [7, 11) is 0. The molecule has 0 radical (unpaired) electrons. The molecule has 0 unspecified atom stereocenters. The van der Waals surface area contributed by atoms with Gasteiger partial charge in [0, 0.05) is 11.4 Å². The van der Waals surface area contributed by atoms with Gasteiger partial charge in [0.2, 0.25) is 11.0 Å². The predicted molar refractivity (Wildman–Crippen MR) is 105 cm³/mol. The van der Waals surface area contributed by atoms with E-state index in [9.17, 15) is 4.79 Å². The van der Waals surface area contributed by atoms with Crippen molar-refractivity contribution < 1.29 is 4.79 Å². The van der Waals surface area contributed by atoms with Crippen LogP contribution in [0.4, 0.5) is 16.5 Å². The number of aromatic nitrogens is 2. The van der Waals surface area contributed by atoms with Gasteiger partial charge in [-0.15, -0.1) is 10.2 Å². The Labute approximate surface area is 163 Å².